The number of carbonyl (C=O) groups is 1. The molecule has 0 aromatic heterocycles. The maximum atomic E-state index is 13.8. The number of anilines is 1. The molecule has 1 saturated heterocycles. The smallest absolute Gasteiger partial charge is 0.399 e. The molecule has 0 saturated carbocycles. The molecule has 2 aromatic carbocycles. The lowest BCUT2D eigenvalue weighted by atomic mass is 9.83. The number of nitrogens with zero attached hydrogens (tertiary/aromatic N) is 1. The number of nitrogen functional groups attached to an aromatic ring is 1. The van der Waals surface area contributed by atoms with Gasteiger partial charge in [-0.3, -0.25) is 4.79 Å². The summed E-state index contributed by atoms with van der Waals surface area (Å²) in [5.41, 5.74) is 3.60. The second-order valence-corrected chi connectivity index (χ2v) is 8.24. The van der Waals surface area contributed by atoms with Crippen LogP contribution in [0.3, 0.4) is 0 Å². The summed E-state index contributed by atoms with van der Waals surface area (Å²) in [6.45, 7) is 1.49. The van der Waals surface area contributed by atoms with Gasteiger partial charge in [-0.25, -0.2) is 4.39 Å². The van der Waals surface area contributed by atoms with Crippen molar-refractivity contribution in [1.29, 1.82) is 0 Å². The van der Waals surface area contributed by atoms with Crippen LogP contribution in [-0.4, -0.2) is 35.4 Å². The molecule has 0 atom stereocenters. The van der Waals surface area contributed by atoms with E-state index in [0.29, 0.717) is 26.1 Å². The summed E-state index contributed by atoms with van der Waals surface area (Å²) in [6.07, 6.45) is -3.42. The van der Waals surface area contributed by atoms with E-state index in [-0.39, 0.29) is 41.9 Å². The molecule has 0 aliphatic carbocycles. The number of benzene rings is 2. The largest absolute Gasteiger partial charge is 0.417 e. The number of piperidine rings is 1. The second kappa shape index (κ2) is 9.14. The molecular formula is C22H23ClF4N2O2. The first-order valence-electron chi connectivity index (χ1n) is 9.90. The van der Waals surface area contributed by atoms with Crippen LogP contribution in [0.2, 0.25) is 5.02 Å². The molecule has 3 N–H and O–H groups in total. The predicted octanol–water partition coefficient (Wildman–Crippen LogP) is 5.03. The van der Waals surface area contributed by atoms with Gasteiger partial charge in [-0.1, -0.05) is 17.7 Å². The van der Waals surface area contributed by atoms with Crippen molar-refractivity contribution in [3.05, 3.63) is 63.9 Å². The molecule has 0 spiro atoms. The van der Waals surface area contributed by atoms with Crippen LogP contribution in [0, 0.1) is 5.82 Å². The van der Waals surface area contributed by atoms with Gasteiger partial charge in [0.15, 0.2) is 5.78 Å². The minimum atomic E-state index is -4.60. The lowest BCUT2D eigenvalue weighted by Crippen LogP contribution is -2.43. The molecule has 1 aliphatic rings. The molecule has 9 heteroatoms. The van der Waals surface area contributed by atoms with Gasteiger partial charge >= 0.3 is 6.18 Å². The van der Waals surface area contributed by atoms with E-state index >= 15 is 0 Å². The Balaban J connectivity index is 1.54. The fraction of sp³-hybridized carbons (Fsp3) is 0.409. The van der Waals surface area contributed by atoms with Gasteiger partial charge in [-0.05, 0) is 61.7 Å². The molecule has 0 unspecified atom stereocenters. The van der Waals surface area contributed by atoms with Crippen molar-refractivity contribution in [2.24, 2.45) is 0 Å². The number of Topliss-reactive ketones (excluding diaryl/α,β-unsaturated/α-hetero) is 1. The number of hydrogen-bond acceptors (Lipinski definition) is 4. The molecule has 1 fully saturated rings. The van der Waals surface area contributed by atoms with Crippen molar-refractivity contribution in [3.8, 4) is 0 Å². The topological polar surface area (TPSA) is 66.6 Å². The van der Waals surface area contributed by atoms with Gasteiger partial charge < -0.3 is 15.7 Å². The Morgan fingerprint density at radius 3 is 2.45 bits per heavy atom. The second-order valence-electron chi connectivity index (χ2n) is 7.83. The zero-order valence-electron chi connectivity index (χ0n) is 16.7. The Morgan fingerprint density at radius 1 is 1.16 bits per heavy atom. The van der Waals surface area contributed by atoms with Gasteiger partial charge in [0, 0.05) is 25.2 Å². The van der Waals surface area contributed by atoms with Crippen LogP contribution in [0.5, 0.6) is 0 Å². The van der Waals surface area contributed by atoms with E-state index in [1.807, 2.05) is 4.90 Å². The molecule has 31 heavy (non-hydrogen) atoms. The average molecular weight is 459 g/mol. The van der Waals surface area contributed by atoms with E-state index in [2.05, 4.69) is 0 Å². The van der Waals surface area contributed by atoms with Gasteiger partial charge in [0.2, 0.25) is 0 Å². The minimum absolute atomic E-state index is 0.00502. The van der Waals surface area contributed by atoms with E-state index in [1.165, 1.54) is 18.2 Å². The fourth-order valence-corrected chi connectivity index (χ4v) is 4.05. The number of carbonyl (C=O) groups excluding carboxylic acids is 1. The van der Waals surface area contributed by atoms with Gasteiger partial charge in [-0.15, -0.1) is 0 Å². The number of nitrogens with two attached hydrogens (primary N) is 1. The number of hydrogen-bond donors (Lipinski definition) is 2. The SMILES string of the molecule is Nc1ccc(C(=O)CCCN2CCC(O)(c3ccc(Cl)c(C(F)(F)F)c3)CC2)c(F)c1. The van der Waals surface area contributed by atoms with Crippen molar-refractivity contribution < 1.29 is 27.5 Å². The lowest BCUT2D eigenvalue weighted by Gasteiger charge is -2.38. The van der Waals surface area contributed by atoms with E-state index in [4.69, 9.17) is 17.3 Å². The van der Waals surface area contributed by atoms with Gasteiger partial charge in [-0.2, -0.15) is 13.2 Å². The van der Waals surface area contributed by atoms with Crippen LogP contribution in [-0.2, 0) is 11.8 Å². The third kappa shape index (κ3) is 5.56. The number of halogens is 5. The average Bonchev–Trinajstić information content (AvgIpc) is 2.69. The first-order chi connectivity index (χ1) is 14.5. The minimum Gasteiger partial charge on any atom is -0.399 e. The van der Waals surface area contributed by atoms with E-state index < -0.39 is 28.2 Å². The molecule has 0 amide bonds. The zero-order chi connectivity index (χ0) is 22.8. The lowest BCUT2D eigenvalue weighted by molar-refractivity contribution is -0.137. The zero-order valence-corrected chi connectivity index (χ0v) is 17.4. The summed E-state index contributed by atoms with van der Waals surface area (Å²) in [6, 6.07) is 7.45. The van der Waals surface area contributed by atoms with Crippen LogP contribution >= 0.6 is 11.6 Å². The van der Waals surface area contributed by atoms with E-state index in [9.17, 15) is 27.5 Å². The maximum Gasteiger partial charge on any atom is 0.417 e. The summed E-state index contributed by atoms with van der Waals surface area (Å²) >= 11 is 5.67. The van der Waals surface area contributed by atoms with Crippen molar-refractivity contribution in [3.63, 3.8) is 0 Å². The van der Waals surface area contributed by atoms with Gasteiger partial charge in [0.25, 0.3) is 0 Å². The monoisotopic (exact) mass is 458 g/mol. The highest BCUT2D eigenvalue weighted by Gasteiger charge is 2.38. The summed E-state index contributed by atoms with van der Waals surface area (Å²) in [5, 5.41) is 10.5. The summed E-state index contributed by atoms with van der Waals surface area (Å²) in [7, 11) is 0. The Kier molecular flexibility index (Phi) is 6.93. The molecule has 2 aromatic rings. The first kappa shape index (κ1) is 23.5. The number of rotatable bonds is 6. The van der Waals surface area contributed by atoms with Crippen LogP contribution < -0.4 is 5.73 Å². The molecule has 0 radical (unpaired) electrons. The van der Waals surface area contributed by atoms with Crippen LogP contribution in [0.15, 0.2) is 36.4 Å². The molecule has 1 heterocycles. The predicted molar refractivity (Wildman–Crippen MR) is 110 cm³/mol. The van der Waals surface area contributed by atoms with Crippen molar-refractivity contribution in [2.45, 2.75) is 37.5 Å². The Bertz CT molecular complexity index is 957. The Morgan fingerprint density at radius 2 is 1.84 bits per heavy atom. The summed E-state index contributed by atoms with van der Waals surface area (Å²) < 4.78 is 53.2. The molecule has 0 bridgehead atoms. The maximum absolute atomic E-state index is 13.8. The third-order valence-corrected chi connectivity index (χ3v) is 5.99. The Labute approximate surface area is 182 Å². The fourth-order valence-electron chi connectivity index (χ4n) is 3.82. The molecular weight excluding hydrogens is 436 g/mol. The first-order valence-corrected chi connectivity index (χ1v) is 10.3. The number of likely N-dealkylation sites (tertiary alicyclic amines) is 1. The van der Waals surface area contributed by atoms with Crippen molar-refractivity contribution in [1.82, 2.24) is 4.90 Å². The molecule has 4 nitrogen and oxygen atoms in total. The van der Waals surface area contributed by atoms with Crippen molar-refractivity contribution in [2.75, 3.05) is 25.4 Å². The summed E-state index contributed by atoms with van der Waals surface area (Å²) in [4.78, 5) is 14.2. The third-order valence-electron chi connectivity index (χ3n) is 5.66. The van der Waals surface area contributed by atoms with E-state index in [0.717, 1.165) is 18.2 Å². The van der Waals surface area contributed by atoms with Crippen LogP contribution in [0.1, 0.15) is 47.2 Å². The van der Waals surface area contributed by atoms with E-state index in [1.54, 1.807) is 0 Å². The van der Waals surface area contributed by atoms with Gasteiger partial charge in [0.1, 0.15) is 5.82 Å². The number of ketones is 1. The highest BCUT2D eigenvalue weighted by molar-refractivity contribution is 6.31. The highest BCUT2D eigenvalue weighted by atomic mass is 35.5. The molecule has 1 aliphatic heterocycles. The quantitative estimate of drug-likeness (QED) is 0.362. The van der Waals surface area contributed by atoms with Gasteiger partial charge in [0.05, 0.1) is 21.8 Å². The standard InChI is InChI=1S/C22H23ClF4N2O2/c23-18-6-3-14(12-17(18)22(25,26)27)21(31)7-10-29(11-8-21)9-1-2-20(30)16-5-4-15(28)13-19(16)24/h3-6,12-13,31H,1-2,7-11,28H2. The van der Waals surface area contributed by atoms with Crippen molar-refractivity contribution >= 4 is 23.1 Å². The number of alkyl halides is 3. The van der Waals surface area contributed by atoms with Crippen LogP contribution in [0.4, 0.5) is 23.2 Å². The normalized spacial score (nSPS) is 17.0. The van der Waals surface area contributed by atoms with Crippen LogP contribution in [0.25, 0.3) is 0 Å². The molecule has 3 rings (SSSR count). The summed E-state index contributed by atoms with van der Waals surface area (Å²) in [5.74, 6) is -0.957. The Hall–Kier alpha value is -2.16. The molecule has 168 valence electrons. The number of aliphatic hydroxyl groups is 1. The highest BCUT2D eigenvalue weighted by Crippen LogP contribution is 2.40.